The molecular weight excluding hydrogens is 404 g/mol. The largest absolute Gasteiger partial charge is 0.496 e. The van der Waals surface area contributed by atoms with Gasteiger partial charge in [-0.05, 0) is 44.4 Å². The highest BCUT2D eigenvalue weighted by Gasteiger charge is 2.33. The molecule has 1 saturated heterocycles. The minimum atomic E-state index is -0.187. The molecule has 5 rings (SSSR count). The predicted octanol–water partition coefficient (Wildman–Crippen LogP) is 4.60. The third-order valence-corrected chi connectivity index (χ3v) is 6.09. The van der Waals surface area contributed by atoms with Crippen LogP contribution in [0.3, 0.4) is 0 Å². The number of oxazole rings is 1. The van der Waals surface area contributed by atoms with Crippen molar-refractivity contribution in [3.05, 3.63) is 83.5 Å². The molecule has 0 saturated carbocycles. The van der Waals surface area contributed by atoms with E-state index in [4.69, 9.17) is 9.15 Å². The summed E-state index contributed by atoms with van der Waals surface area (Å²) >= 11 is 0. The molecule has 1 fully saturated rings. The van der Waals surface area contributed by atoms with Crippen LogP contribution in [0.2, 0.25) is 0 Å². The summed E-state index contributed by atoms with van der Waals surface area (Å²) < 4.78 is 13.5. The van der Waals surface area contributed by atoms with Gasteiger partial charge in [0.15, 0.2) is 0 Å². The number of rotatable bonds is 5. The van der Waals surface area contributed by atoms with Crippen molar-refractivity contribution in [1.29, 1.82) is 0 Å². The van der Waals surface area contributed by atoms with E-state index in [9.17, 15) is 4.79 Å². The van der Waals surface area contributed by atoms with Crippen molar-refractivity contribution >= 4 is 11.6 Å². The maximum atomic E-state index is 13.4. The molecule has 1 aliphatic rings. The van der Waals surface area contributed by atoms with Gasteiger partial charge in [-0.2, -0.15) is 0 Å². The van der Waals surface area contributed by atoms with Gasteiger partial charge in [0.2, 0.25) is 5.89 Å². The number of nitrogens with zero attached hydrogens (tertiary/aromatic N) is 4. The molecule has 3 aromatic heterocycles. The van der Waals surface area contributed by atoms with E-state index in [-0.39, 0.29) is 11.9 Å². The third-order valence-electron chi connectivity index (χ3n) is 6.09. The molecule has 1 aromatic carbocycles. The van der Waals surface area contributed by atoms with Gasteiger partial charge in [-0.25, -0.2) is 9.97 Å². The lowest BCUT2D eigenvalue weighted by molar-refractivity contribution is 0.0564. The Hall–Kier alpha value is -3.61. The molecule has 4 heterocycles. The molecule has 1 atom stereocenters. The number of hydrogen-bond donors (Lipinski definition) is 0. The number of aromatic nitrogens is 3. The Labute approximate surface area is 186 Å². The van der Waals surface area contributed by atoms with Crippen LogP contribution >= 0.6 is 0 Å². The van der Waals surface area contributed by atoms with Crippen molar-refractivity contribution in [3.8, 4) is 5.75 Å². The minimum absolute atomic E-state index is 0.0812. The van der Waals surface area contributed by atoms with Crippen LogP contribution in [0.15, 0.2) is 59.3 Å². The molecule has 0 aliphatic carbocycles. The summed E-state index contributed by atoms with van der Waals surface area (Å²) in [4.78, 5) is 24.4. The van der Waals surface area contributed by atoms with Crippen molar-refractivity contribution in [2.75, 3.05) is 13.7 Å². The van der Waals surface area contributed by atoms with Gasteiger partial charge in [-0.1, -0.05) is 24.3 Å². The van der Waals surface area contributed by atoms with E-state index in [1.54, 1.807) is 13.3 Å². The monoisotopic (exact) mass is 430 g/mol. The lowest BCUT2D eigenvalue weighted by atomic mass is 10.0. The van der Waals surface area contributed by atoms with E-state index in [1.807, 2.05) is 64.9 Å². The first-order valence-electron chi connectivity index (χ1n) is 11.0. The summed E-state index contributed by atoms with van der Waals surface area (Å²) in [5, 5.41) is 0. The van der Waals surface area contributed by atoms with Crippen LogP contribution in [0.5, 0.6) is 5.75 Å². The molecule has 1 amide bonds. The number of pyridine rings is 1. The number of carbonyl (C=O) groups excluding carboxylic acids is 1. The molecule has 0 unspecified atom stereocenters. The Balaban J connectivity index is 1.40. The number of aryl methyl sites for hydroxylation is 1. The fraction of sp³-hybridized carbons (Fsp3) is 0.320. The van der Waals surface area contributed by atoms with Gasteiger partial charge in [0.25, 0.3) is 5.91 Å². The normalized spacial score (nSPS) is 16.4. The summed E-state index contributed by atoms with van der Waals surface area (Å²) in [6.07, 6.45) is 6.98. The number of para-hydroxylation sites is 1. The first kappa shape index (κ1) is 20.3. The fourth-order valence-electron chi connectivity index (χ4n) is 4.43. The number of amides is 1. The van der Waals surface area contributed by atoms with Gasteiger partial charge < -0.3 is 18.5 Å². The van der Waals surface area contributed by atoms with Gasteiger partial charge in [0, 0.05) is 30.4 Å². The average molecular weight is 431 g/mol. The van der Waals surface area contributed by atoms with Crippen LogP contribution in [0.1, 0.15) is 58.7 Å². The Morgan fingerprint density at radius 1 is 1.19 bits per heavy atom. The average Bonchev–Trinajstić information content (AvgIpc) is 3.47. The fourth-order valence-corrected chi connectivity index (χ4v) is 4.43. The molecule has 32 heavy (non-hydrogen) atoms. The lowest BCUT2D eigenvalue weighted by Gasteiger charge is -2.33. The van der Waals surface area contributed by atoms with Gasteiger partial charge in [-0.3, -0.25) is 4.79 Å². The molecule has 164 valence electrons. The van der Waals surface area contributed by atoms with Crippen molar-refractivity contribution in [2.24, 2.45) is 0 Å². The quantitative estimate of drug-likeness (QED) is 0.463. The summed E-state index contributed by atoms with van der Waals surface area (Å²) in [6, 6.07) is 13.6. The molecule has 0 radical (unpaired) electrons. The topological polar surface area (TPSA) is 72.9 Å². The minimum Gasteiger partial charge on any atom is -0.496 e. The Bertz CT molecular complexity index is 1260. The van der Waals surface area contributed by atoms with E-state index in [1.165, 1.54) is 0 Å². The SMILES string of the molecule is COc1ccccc1Cc1cnc([C@H]2CCCCN2C(=O)c2cn3c(C)cccc3n2)o1. The summed E-state index contributed by atoms with van der Waals surface area (Å²) in [5.74, 6) is 2.08. The van der Waals surface area contributed by atoms with Crippen molar-refractivity contribution in [1.82, 2.24) is 19.3 Å². The molecular formula is C25H26N4O3. The second kappa shape index (κ2) is 8.49. The lowest BCUT2D eigenvalue weighted by Crippen LogP contribution is -2.38. The highest BCUT2D eigenvalue weighted by Crippen LogP contribution is 2.32. The number of carbonyl (C=O) groups is 1. The Morgan fingerprint density at radius 2 is 2.06 bits per heavy atom. The number of fused-ring (bicyclic) bond motifs is 1. The van der Waals surface area contributed by atoms with Gasteiger partial charge in [0.05, 0.1) is 13.3 Å². The van der Waals surface area contributed by atoms with Crippen LogP contribution in [0.25, 0.3) is 5.65 Å². The standard InChI is InChI=1S/C25H26N4O3/c1-17-8-7-12-23-27-20(16-29(17)23)25(30)28-13-6-5-10-21(28)24-26-15-19(32-24)14-18-9-3-4-11-22(18)31-2/h3-4,7-9,11-12,15-16,21H,5-6,10,13-14H2,1-2H3/t21-/m1/s1. The number of likely N-dealkylation sites (tertiary alicyclic amines) is 1. The highest BCUT2D eigenvalue weighted by molar-refractivity contribution is 5.93. The third kappa shape index (κ3) is 3.75. The molecule has 0 bridgehead atoms. The van der Waals surface area contributed by atoms with E-state index in [0.29, 0.717) is 24.6 Å². The first-order chi connectivity index (χ1) is 15.6. The van der Waals surface area contributed by atoms with Crippen LogP contribution in [0.4, 0.5) is 0 Å². The zero-order valence-corrected chi connectivity index (χ0v) is 18.3. The first-order valence-corrected chi connectivity index (χ1v) is 11.0. The zero-order valence-electron chi connectivity index (χ0n) is 18.3. The molecule has 0 N–H and O–H groups in total. The number of ether oxygens (including phenoxy) is 1. The maximum absolute atomic E-state index is 13.4. The molecule has 0 spiro atoms. The number of piperidine rings is 1. The molecule has 7 heteroatoms. The zero-order chi connectivity index (χ0) is 22.1. The highest BCUT2D eigenvalue weighted by atomic mass is 16.5. The van der Waals surface area contributed by atoms with Crippen molar-refractivity contribution in [2.45, 2.75) is 38.6 Å². The van der Waals surface area contributed by atoms with E-state index < -0.39 is 0 Å². The van der Waals surface area contributed by atoms with E-state index in [0.717, 1.165) is 47.7 Å². The molecule has 7 nitrogen and oxygen atoms in total. The van der Waals surface area contributed by atoms with Crippen LogP contribution in [0, 0.1) is 6.92 Å². The van der Waals surface area contributed by atoms with Gasteiger partial charge in [0.1, 0.15) is 28.9 Å². The van der Waals surface area contributed by atoms with Crippen molar-refractivity contribution in [3.63, 3.8) is 0 Å². The second-order valence-corrected chi connectivity index (χ2v) is 8.19. The van der Waals surface area contributed by atoms with Gasteiger partial charge in [-0.15, -0.1) is 0 Å². The van der Waals surface area contributed by atoms with E-state index >= 15 is 0 Å². The summed E-state index contributed by atoms with van der Waals surface area (Å²) in [5.41, 5.74) is 3.30. The molecule has 4 aromatic rings. The van der Waals surface area contributed by atoms with Crippen LogP contribution in [-0.2, 0) is 6.42 Å². The number of imidazole rings is 1. The summed E-state index contributed by atoms with van der Waals surface area (Å²) in [7, 11) is 1.66. The number of benzene rings is 1. The maximum Gasteiger partial charge on any atom is 0.274 e. The smallest absolute Gasteiger partial charge is 0.274 e. The summed E-state index contributed by atoms with van der Waals surface area (Å²) in [6.45, 7) is 2.67. The van der Waals surface area contributed by atoms with Gasteiger partial charge >= 0.3 is 0 Å². The number of hydrogen-bond acceptors (Lipinski definition) is 5. The Morgan fingerprint density at radius 3 is 2.91 bits per heavy atom. The van der Waals surface area contributed by atoms with E-state index in [2.05, 4.69) is 9.97 Å². The van der Waals surface area contributed by atoms with Crippen LogP contribution in [-0.4, -0.2) is 38.8 Å². The number of methoxy groups -OCH3 is 1. The van der Waals surface area contributed by atoms with Crippen molar-refractivity contribution < 1.29 is 13.9 Å². The Kier molecular flexibility index (Phi) is 5.39. The molecule has 1 aliphatic heterocycles. The second-order valence-electron chi connectivity index (χ2n) is 8.19. The van der Waals surface area contributed by atoms with Crippen LogP contribution < -0.4 is 4.74 Å². The predicted molar refractivity (Wildman–Crippen MR) is 120 cm³/mol.